The highest BCUT2D eigenvalue weighted by atomic mass is 32.1. The Kier molecular flexibility index (Phi) is 4.34. The fourth-order valence-electron chi connectivity index (χ4n) is 6.52. The van der Waals surface area contributed by atoms with E-state index in [1.807, 2.05) is 18.2 Å². The van der Waals surface area contributed by atoms with Gasteiger partial charge in [0.15, 0.2) is 0 Å². The van der Waals surface area contributed by atoms with Gasteiger partial charge in [0.2, 0.25) is 0 Å². The van der Waals surface area contributed by atoms with Gasteiger partial charge >= 0.3 is 0 Å². The maximum absolute atomic E-state index is 10.1. The molecule has 0 atom stereocenters. The lowest BCUT2D eigenvalue weighted by Crippen LogP contribution is -2.13. The van der Waals surface area contributed by atoms with E-state index < -0.39 is 0 Å². The molecule has 4 aromatic carbocycles. The van der Waals surface area contributed by atoms with Crippen molar-refractivity contribution in [3.63, 3.8) is 0 Å². The largest absolute Gasteiger partial charge is 0.307 e. The molecule has 0 aliphatic carbocycles. The molecule has 4 heterocycles. The van der Waals surface area contributed by atoms with E-state index in [1.165, 1.54) is 38.3 Å². The molecule has 0 amide bonds. The van der Waals surface area contributed by atoms with Crippen molar-refractivity contribution in [1.82, 2.24) is 8.97 Å². The van der Waals surface area contributed by atoms with Crippen molar-refractivity contribution >= 4 is 75.4 Å². The Hall–Kier alpha value is -5.10. The van der Waals surface area contributed by atoms with Gasteiger partial charge in [0.1, 0.15) is 22.5 Å². The van der Waals surface area contributed by atoms with Gasteiger partial charge in [-0.3, -0.25) is 4.40 Å². The van der Waals surface area contributed by atoms with E-state index in [-0.39, 0.29) is 5.57 Å². The molecular weight excluding hydrogens is 496 g/mol. The summed E-state index contributed by atoms with van der Waals surface area (Å²) in [6.07, 6.45) is 0. The van der Waals surface area contributed by atoms with E-state index in [2.05, 4.69) is 102 Å². The highest BCUT2D eigenvalue weighted by Gasteiger charge is 2.25. The van der Waals surface area contributed by atoms with Crippen LogP contribution in [0.2, 0.25) is 0 Å². The molecule has 182 valence electrons. The molecule has 0 aliphatic heterocycles. The zero-order valence-corrected chi connectivity index (χ0v) is 22.1. The third kappa shape index (κ3) is 2.65. The van der Waals surface area contributed by atoms with Crippen molar-refractivity contribution in [2.24, 2.45) is 0 Å². The minimum absolute atomic E-state index is 0.139. The summed E-state index contributed by atoms with van der Waals surface area (Å²) in [7, 11) is 0. The molecule has 4 nitrogen and oxygen atoms in total. The van der Waals surface area contributed by atoms with Crippen LogP contribution in [0.25, 0.3) is 69.8 Å². The average molecular weight is 517 g/mol. The number of hydrogen-bond acceptors (Lipinski definition) is 3. The topological polar surface area (TPSA) is 56.9 Å². The monoisotopic (exact) mass is 516 g/mol. The minimum Gasteiger partial charge on any atom is -0.307 e. The number of hydrogen-bond donors (Lipinski definition) is 0. The van der Waals surface area contributed by atoms with Crippen LogP contribution in [0.5, 0.6) is 0 Å². The van der Waals surface area contributed by atoms with Crippen molar-refractivity contribution in [2.45, 2.75) is 13.8 Å². The zero-order valence-electron chi connectivity index (χ0n) is 21.3. The van der Waals surface area contributed by atoms with E-state index in [9.17, 15) is 10.5 Å². The summed E-state index contributed by atoms with van der Waals surface area (Å²) in [5.41, 5.74) is 8.03. The van der Waals surface area contributed by atoms with Crippen LogP contribution in [-0.2, 0) is 0 Å². The van der Waals surface area contributed by atoms with E-state index >= 15 is 0 Å². The maximum atomic E-state index is 10.1. The predicted molar refractivity (Wildman–Crippen MR) is 161 cm³/mol. The summed E-state index contributed by atoms with van der Waals surface area (Å²) in [6.45, 7) is 4.30. The summed E-state index contributed by atoms with van der Waals surface area (Å²) in [4.78, 5) is 1.13. The lowest BCUT2D eigenvalue weighted by molar-refractivity contribution is 1.12. The molecule has 8 aromatic rings. The summed E-state index contributed by atoms with van der Waals surface area (Å²) in [5, 5.41) is 26.6. The highest BCUT2D eigenvalue weighted by Crippen LogP contribution is 2.46. The second-order valence-electron chi connectivity index (χ2n) is 10.1. The molecule has 0 aliphatic rings. The Bertz CT molecular complexity index is 2450. The number of pyridine rings is 1. The number of aromatic nitrogens is 2. The first-order valence-corrected chi connectivity index (χ1v) is 13.7. The van der Waals surface area contributed by atoms with E-state index in [1.54, 1.807) is 11.3 Å². The van der Waals surface area contributed by atoms with Gasteiger partial charge in [0, 0.05) is 32.1 Å². The molecule has 0 N–H and O–H groups in total. The van der Waals surface area contributed by atoms with Gasteiger partial charge < -0.3 is 4.57 Å². The Balaban J connectivity index is 1.80. The van der Waals surface area contributed by atoms with Crippen LogP contribution in [0.1, 0.15) is 11.1 Å². The van der Waals surface area contributed by atoms with Crippen molar-refractivity contribution in [3.8, 4) is 17.8 Å². The van der Waals surface area contributed by atoms with Crippen LogP contribution in [0.3, 0.4) is 0 Å². The van der Waals surface area contributed by atoms with Gasteiger partial charge in [-0.05, 0) is 37.1 Å². The van der Waals surface area contributed by atoms with Crippen LogP contribution in [0.15, 0.2) is 84.9 Å². The van der Waals surface area contributed by atoms with Crippen LogP contribution in [0, 0.1) is 36.5 Å². The molecule has 4 aromatic heterocycles. The number of fused-ring (bicyclic) bond motifs is 9. The number of nitriles is 2. The Morgan fingerprint density at radius 1 is 0.667 bits per heavy atom. The fraction of sp³-hybridized carbons (Fsp3) is 0.0588. The van der Waals surface area contributed by atoms with E-state index in [4.69, 9.17) is 0 Å². The third-order valence-electron chi connectivity index (χ3n) is 8.03. The summed E-state index contributed by atoms with van der Waals surface area (Å²) >= 11 is 1.68. The molecule has 0 radical (unpaired) electrons. The number of para-hydroxylation sites is 4. The van der Waals surface area contributed by atoms with Crippen molar-refractivity contribution < 1.29 is 0 Å². The van der Waals surface area contributed by atoms with E-state index in [0.29, 0.717) is 0 Å². The predicted octanol–water partition coefficient (Wildman–Crippen LogP) is 8.09. The van der Waals surface area contributed by atoms with Gasteiger partial charge in [0.05, 0.1) is 32.5 Å². The molecular formula is C34H20N4S. The lowest BCUT2D eigenvalue weighted by atomic mass is 10.0. The molecule has 0 unspecified atom stereocenters. The van der Waals surface area contributed by atoms with Gasteiger partial charge in [-0.2, -0.15) is 10.5 Å². The standard InChI is InChI=1S/C34H20N4S/c1-19-9-7-10-20(2)30(19)37-27-16-6-4-12-24(27)28(21(17-35)18-36)33-32(37)29-25-14-8-13-23-22-11-3-5-15-26(22)38(31(23)25)34(29)39-33/h3-16H,1-2H3. The second kappa shape index (κ2) is 7.71. The van der Waals surface area contributed by atoms with Crippen LogP contribution in [-0.4, -0.2) is 8.97 Å². The lowest BCUT2D eigenvalue weighted by Gasteiger charge is -2.19. The normalized spacial score (nSPS) is 11.8. The number of benzene rings is 4. The second-order valence-corrected chi connectivity index (χ2v) is 11.1. The minimum atomic E-state index is 0.139. The molecule has 0 fully saturated rings. The number of nitrogens with zero attached hydrogens (tertiary/aromatic N) is 4. The molecule has 0 bridgehead atoms. The van der Waals surface area contributed by atoms with Crippen LogP contribution >= 0.6 is 11.3 Å². The zero-order chi connectivity index (χ0) is 26.4. The van der Waals surface area contributed by atoms with Crippen molar-refractivity contribution in [3.05, 3.63) is 101 Å². The Morgan fingerprint density at radius 3 is 2.03 bits per heavy atom. The van der Waals surface area contributed by atoms with Crippen molar-refractivity contribution in [2.75, 3.05) is 0 Å². The summed E-state index contributed by atoms with van der Waals surface area (Å²) < 4.78 is 5.70. The quantitative estimate of drug-likeness (QED) is 0.221. The average Bonchev–Trinajstić information content (AvgIpc) is 3.60. The summed E-state index contributed by atoms with van der Waals surface area (Å²) in [5.74, 6) is 0. The van der Waals surface area contributed by atoms with Gasteiger partial charge in [0.25, 0.3) is 0 Å². The molecule has 5 heteroatoms. The molecule has 0 saturated carbocycles. The van der Waals surface area contributed by atoms with Gasteiger partial charge in [-0.1, -0.05) is 72.8 Å². The number of aryl methyl sites for hydroxylation is 2. The molecule has 0 saturated heterocycles. The van der Waals surface area contributed by atoms with Gasteiger partial charge in [-0.25, -0.2) is 0 Å². The number of thiophene rings is 1. The Morgan fingerprint density at radius 2 is 1.28 bits per heavy atom. The molecule has 39 heavy (non-hydrogen) atoms. The fourth-order valence-corrected chi connectivity index (χ4v) is 7.91. The van der Waals surface area contributed by atoms with Crippen LogP contribution < -0.4 is 5.22 Å². The summed E-state index contributed by atoms with van der Waals surface area (Å²) in [6, 6.07) is 34.1. The smallest absolute Gasteiger partial charge is 0.139 e. The first-order valence-electron chi connectivity index (χ1n) is 12.8. The van der Waals surface area contributed by atoms with E-state index in [0.717, 1.165) is 42.2 Å². The first-order chi connectivity index (χ1) is 19.1. The Labute approximate surface area is 227 Å². The highest BCUT2D eigenvalue weighted by molar-refractivity contribution is 7.25. The molecule has 0 spiro atoms. The first kappa shape index (κ1) is 21.9. The van der Waals surface area contributed by atoms with Gasteiger partial charge in [-0.15, -0.1) is 11.3 Å². The molecule has 8 rings (SSSR count). The van der Waals surface area contributed by atoms with Crippen LogP contribution in [0.4, 0.5) is 0 Å². The third-order valence-corrected chi connectivity index (χ3v) is 9.21. The SMILES string of the molecule is Cc1cccc(C)c1-n1c2ccccc2c(=C(C#N)C#N)c2sc3c(c4cccc5c6ccccc6n3c54)c21. The van der Waals surface area contributed by atoms with Crippen molar-refractivity contribution in [1.29, 1.82) is 10.5 Å². The number of rotatable bonds is 1. The maximum Gasteiger partial charge on any atom is 0.139 e.